The highest BCUT2D eigenvalue weighted by Crippen LogP contribution is 2.47. The van der Waals surface area contributed by atoms with Gasteiger partial charge in [0, 0.05) is 36.2 Å². The summed E-state index contributed by atoms with van der Waals surface area (Å²) in [5.41, 5.74) is 3.48. The van der Waals surface area contributed by atoms with Gasteiger partial charge in [0.1, 0.15) is 5.75 Å². The van der Waals surface area contributed by atoms with Crippen molar-refractivity contribution < 1.29 is 27.4 Å². The van der Waals surface area contributed by atoms with Crippen molar-refractivity contribution in [1.82, 2.24) is 4.72 Å². The number of fused-ring (bicyclic) bond motifs is 4. The summed E-state index contributed by atoms with van der Waals surface area (Å²) >= 11 is 6.45. The fraction of sp³-hybridized carbons (Fsp3) is 0.605. The van der Waals surface area contributed by atoms with Gasteiger partial charge in [0.05, 0.1) is 36.9 Å². The van der Waals surface area contributed by atoms with E-state index in [1.807, 2.05) is 25.1 Å². The van der Waals surface area contributed by atoms with Gasteiger partial charge in [0.2, 0.25) is 10.0 Å². The minimum atomic E-state index is -3.93. The van der Waals surface area contributed by atoms with Gasteiger partial charge in [-0.15, -0.1) is 0 Å². The number of ether oxygens (including phenoxy) is 3. The Hall–Kier alpha value is -2.59. The number of benzene rings is 2. The van der Waals surface area contributed by atoms with E-state index in [9.17, 15) is 13.2 Å². The lowest BCUT2D eigenvalue weighted by atomic mass is 9.68. The van der Waals surface area contributed by atoms with Crippen LogP contribution >= 0.6 is 11.6 Å². The van der Waals surface area contributed by atoms with E-state index in [0.29, 0.717) is 56.0 Å². The predicted molar refractivity (Wildman–Crippen MR) is 188 cm³/mol. The van der Waals surface area contributed by atoms with E-state index in [0.717, 1.165) is 74.5 Å². The normalized spacial score (nSPS) is 32.2. The number of amides is 1. The average molecular weight is 697 g/mol. The van der Waals surface area contributed by atoms with Crippen LogP contribution in [0, 0.1) is 23.7 Å². The number of rotatable bonds is 6. The summed E-state index contributed by atoms with van der Waals surface area (Å²) in [6.07, 6.45) is 12.6. The van der Waals surface area contributed by atoms with Gasteiger partial charge < -0.3 is 19.1 Å². The standard InChI is InChI=1S/C38H49ClN2O6S/c1-25-5-3-7-34(46-18-17-45-2)31-13-10-29(31)22-41-23-38(16-4-6-27-20-30(39)12-14-32(27)38)24-47-35-15-11-28(21-33(35)41)37(42)40-48(43,44)36(25)19-26-8-9-26/h3,7,11-12,14-15,20-21,25-26,29,31,34,36H,4-6,8-10,13,16-19,22-24H2,1-2H3,(H,40,42)/b7-3+/t25-,29+,31-,34+,36+,38+/m1/s1. The number of anilines is 1. The summed E-state index contributed by atoms with van der Waals surface area (Å²) in [5.74, 6) is 1.07. The zero-order chi connectivity index (χ0) is 33.5. The van der Waals surface area contributed by atoms with E-state index in [-0.39, 0.29) is 17.4 Å². The monoisotopic (exact) mass is 696 g/mol. The Morgan fingerprint density at radius 3 is 2.73 bits per heavy atom. The maximum atomic E-state index is 13.9. The molecule has 1 spiro atoms. The second-order valence-corrected chi connectivity index (χ2v) is 17.3. The van der Waals surface area contributed by atoms with Crippen LogP contribution in [0.25, 0.3) is 0 Å². The Balaban J connectivity index is 1.28. The maximum absolute atomic E-state index is 13.9. The minimum absolute atomic E-state index is 0.0854. The molecular weight excluding hydrogens is 648 g/mol. The van der Waals surface area contributed by atoms with Crippen molar-refractivity contribution in [3.63, 3.8) is 0 Å². The first-order chi connectivity index (χ1) is 23.2. The molecule has 0 unspecified atom stereocenters. The van der Waals surface area contributed by atoms with E-state index in [2.05, 4.69) is 33.9 Å². The van der Waals surface area contributed by atoms with Gasteiger partial charge in [0.25, 0.3) is 5.91 Å². The van der Waals surface area contributed by atoms with Gasteiger partial charge in [-0.1, -0.05) is 49.6 Å². The van der Waals surface area contributed by atoms with Gasteiger partial charge in [-0.05, 0) is 110 Å². The van der Waals surface area contributed by atoms with E-state index in [4.69, 9.17) is 25.8 Å². The summed E-state index contributed by atoms with van der Waals surface area (Å²) in [6, 6.07) is 11.6. The van der Waals surface area contributed by atoms with Gasteiger partial charge in [-0.25, -0.2) is 13.1 Å². The van der Waals surface area contributed by atoms with Crippen LogP contribution in [0.5, 0.6) is 5.75 Å². The van der Waals surface area contributed by atoms with Crippen molar-refractivity contribution in [2.45, 2.75) is 81.5 Å². The third-order valence-electron chi connectivity index (χ3n) is 11.6. The minimum Gasteiger partial charge on any atom is -0.490 e. The Kier molecular flexibility index (Phi) is 9.86. The van der Waals surface area contributed by atoms with Crippen molar-refractivity contribution in [2.24, 2.45) is 23.7 Å². The summed E-state index contributed by atoms with van der Waals surface area (Å²) in [4.78, 5) is 16.1. The second kappa shape index (κ2) is 14.0. The highest BCUT2D eigenvalue weighted by Gasteiger charge is 2.45. The second-order valence-electron chi connectivity index (χ2n) is 15.0. The van der Waals surface area contributed by atoms with Crippen LogP contribution in [0.3, 0.4) is 0 Å². The first-order valence-electron chi connectivity index (χ1n) is 17.8. The molecule has 2 aliphatic heterocycles. The molecule has 2 saturated carbocycles. The number of allylic oxidation sites excluding steroid dienone is 1. The number of halogens is 1. The lowest BCUT2D eigenvalue weighted by molar-refractivity contribution is -0.0309. The zero-order valence-electron chi connectivity index (χ0n) is 28.2. The zero-order valence-corrected chi connectivity index (χ0v) is 29.7. The summed E-state index contributed by atoms with van der Waals surface area (Å²) < 4.78 is 48.7. The number of hydrogen-bond donors (Lipinski definition) is 1. The van der Waals surface area contributed by atoms with Crippen molar-refractivity contribution in [3.05, 3.63) is 70.3 Å². The molecular formula is C38H49ClN2O6S. The van der Waals surface area contributed by atoms with Crippen LogP contribution in [0.1, 0.15) is 79.8 Å². The SMILES string of the molecule is COCCO[C@H]1/C=C/C[C@@H](C)[C@H](CC2CC2)S(=O)(=O)NC(=O)c2ccc3c(c2)N(C[C@@H]2CC[C@H]21)C[C@@]1(CCCc2cc(Cl)ccc21)CO3. The van der Waals surface area contributed by atoms with Crippen molar-refractivity contribution in [1.29, 1.82) is 0 Å². The Bertz CT molecular complexity index is 1640. The Morgan fingerprint density at radius 2 is 1.96 bits per heavy atom. The van der Waals surface area contributed by atoms with Crippen molar-refractivity contribution in [2.75, 3.05) is 44.9 Å². The molecule has 0 radical (unpaired) electrons. The van der Waals surface area contributed by atoms with E-state index < -0.39 is 21.2 Å². The smallest absolute Gasteiger partial charge is 0.264 e. The number of aryl methyl sites for hydroxylation is 1. The van der Waals surface area contributed by atoms with E-state index in [1.54, 1.807) is 13.2 Å². The third-order valence-corrected chi connectivity index (χ3v) is 13.8. The number of methoxy groups -OCH3 is 1. The van der Waals surface area contributed by atoms with Crippen LogP contribution < -0.4 is 14.4 Å². The number of carbonyl (C=O) groups is 1. The van der Waals surface area contributed by atoms with E-state index >= 15 is 0 Å². The van der Waals surface area contributed by atoms with Crippen molar-refractivity contribution in [3.8, 4) is 5.75 Å². The number of hydrogen-bond acceptors (Lipinski definition) is 7. The molecule has 0 aromatic heterocycles. The fourth-order valence-corrected chi connectivity index (χ4v) is 10.5. The molecule has 10 heteroatoms. The fourth-order valence-electron chi connectivity index (χ4n) is 8.57. The molecule has 1 N–H and O–H groups in total. The highest BCUT2D eigenvalue weighted by atomic mass is 35.5. The van der Waals surface area contributed by atoms with Gasteiger partial charge in [0.15, 0.2) is 0 Å². The molecule has 2 fully saturated rings. The first-order valence-corrected chi connectivity index (χ1v) is 19.7. The Morgan fingerprint density at radius 1 is 1.10 bits per heavy atom. The summed E-state index contributed by atoms with van der Waals surface area (Å²) in [5, 5.41) is 0.0918. The quantitative estimate of drug-likeness (QED) is 0.266. The molecule has 2 aromatic rings. The van der Waals surface area contributed by atoms with Crippen LogP contribution in [-0.4, -0.2) is 65.7 Å². The third kappa shape index (κ3) is 7.03. The number of carbonyl (C=O) groups excluding carboxylic acids is 1. The van der Waals surface area contributed by atoms with Gasteiger partial charge >= 0.3 is 0 Å². The summed E-state index contributed by atoms with van der Waals surface area (Å²) in [7, 11) is -2.24. The molecule has 2 bridgehead atoms. The molecule has 1 amide bonds. The molecule has 7 rings (SSSR count). The molecule has 5 aliphatic rings. The van der Waals surface area contributed by atoms with E-state index in [1.165, 1.54) is 11.1 Å². The predicted octanol–water partition coefficient (Wildman–Crippen LogP) is 6.70. The highest BCUT2D eigenvalue weighted by molar-refractivity contribution is 7.90. The lowest BCUT2D eigenvalue weighted by Crippen LogP contribution is -2.49. The van der Waals surface area contributed by atoms with Crippen LogP contribution in [0.4, 0.5) is 5.69 Å². The molecule has 48 heavy (non-hydrogen) atoms. The largest absolute Gasteiger partial charge is 0.490 e. The van der Waals surface area contributed by atoms with Crippen LogP contribution in [-0.2, 0) is 31.3 Å². The molecule has 2 aromatic carbocycles. The summed E-state index contributed by atoms with van der Waals surface area (Å²) in [6.45, 7) is 5.04. The number of sulfonamides is 1. The topological polar surface area (TPSA) is 94.2 Å². The molecule has 3 aliphatic carbocycles. The molecule has 6 atom stereocenters. The van der Waals surface area contributed by atoms with Gasteiger partial charge in [-0.3, -0.25) is 4.79 Å². The van der Waals surface area contributed by atoms with Crippen LogP contribution in [0.2, 0.25) is 5.02 Å². The Labute approximate surface area is 290 Å². The molecule has 260 valence electrons. The molecule has 0 saturated heterocycles. The van der Waals surface area contributed by atoms with Gasteiger partial charge in [-0.2, -0.15) is 0 Å². The molecule has 8 nitrogen and oxygen atoms in total. The average Bonchev–Trinajstić information content (AvgIpc) is 3.88. The first kappa shape index (κ1) is 33.9. The van der Waals surface area contributed by atoms with Crippen LogP contribution in [0.15, 0.2) is 48.6 Å². The number of nitrogens with zero attached hydrogens (tertiary/aromatic N) is 1. The molecule has 2 heterocycles. The lowest BCUT2D eigenvalue weighted by Gasteiger charge is -2.46. The van der Waals surface area contributed by atoms with Crippen molar-refractivity contribution >= 4 is 33.2 Å². The number of nitrogens with one attached hydrogen (secondary N) is 1. The maximum Gasteiger partial charge on any atom is 0.264 e.